The van der Waals surface area contributed by atoms with Crippen LogP contribution in [-0.4, -0.2) is 17.0 Å². The molecule has 5 nitrogen and oxygen atoms in total. The molecule has 1 unspecified atom stereocenters. The molecule has 0 aromatic heterocycles. The minimum Gasteiger partial charge on any atom is -0.478 e. The summed E-state index contributed by atoms with van der Waals surface area (Å²) in [7, 11) is 0. The number of carbonyl (C=O) groups excluding carboxylic acids is 1. The molecule has 146 valence electrons. The normalized spacial score (nSPS) is 14.2. The van der Waals surface area contributed by atoms with E-state index < -0.39 is 12.1 Å². The summed E-state index contributed by atoms with van der Waals surface area (Å²) < 4.78 is 5.70. The summed E-state index contributed by atoms with van der Waals surface area (Å²) >= 11 is 0. The number of fused-ring (bicyclic) bond motifs is 1. The molecule has 5 heteroatoms. The molecular formula is C24H21NO4. The van der Waals surface area contributed by atoms with Crippen molar-refractivity contribution in [3.05, 3.63) is 95.6 Å². The molecule has 0 saturated carbocycles. The van der Waals surface area contributed by atoms with Crippen LogP contribution in [0.15, 0.2) is 78.9 Å². The maximum Gasteiger partial charge on any atom is 0.349 e. The second kappa shape index (κ2) is 8.19. The van der Waals surface area contributed by atoms with Crippen molar-refractivity contribution >= 4 is 17.6 Å². The second-order valence-corrected chi connectivity index (χ2v) is 7.00. The number of nitrogens with zero attached hydrogens (tertiary/aromatic N) is 1. The standard InChI is InChI=1S/C24H21NO4/c26-22-15-12-18-6-4-5-9-21(18)25(22)16-17-10-13-20(14-11-17)29-23(24(27)28)19-7-2-1-3-8-19/h1-11,13-14,23H,12,15-16H2,(H,27,28). The molecule has 1 N–H and O–H groups in total. The summed E-state index contributed by atoms with van der Waals surface area (Å²) in [6, 6.07) is 24.0. The lowest BCUT2D eigenvalue weighted by atomic mass is 10.0. The van der Waals surface area contributed by atoms with E-state index in [2.05, 4.69) is 6.07 Å². The van der Waals surface area contributed by atoms with Crippen molar-refractivity contribution in [1.29, 1.82) is 0 Å². The second-order valence-electron chi connectivity index (χ2n) is 7.00. The van der Waals surface area contributed by atoms with Crippen molar-refractivity contribution < 1.29 is 19.4 Å². The van der Waals surface area contributed by atoms with Crippen LogP contribution in [0.5, 0.6) is 5.75 Å². The molecule has 3 aromatic carbocycles. The fourth-order valence-electron chi connectivity index (χ4n) is 3.55. The number of ether oxygens (including phenoxy) is 1. The molecule has 0 spiro atoms. The topological polar surface area (TPSA) is 66.8 Å². The predicted molar refractivity (Wildman–Crippen MR) is 110 cm³/mol. The van der Waals surface area contributed by atoms with Crippen molar-refractivity contribution in [2.45, 2.75) is 25.5 Å². The number of para-hydroxylation sites is 1. The Morgan fingerprint density at radius 3 is 2.34 bits per heavy atom. The minimum atomic E-state index is -1.07. The number of carboxylic acid groups (broad SMARTS) is 1. The van der Waals surface area contributed by atoms with Crippen LogP contribution in [0.1, 0.15) is 29.2 Å². The van der Waals surface area contributed by atoms with Crippen LogP contribution in [0.2, 0.25) is 0 Å². The van der Waals surface area contributed by atoms with Gasteiger partial charge in [-0.15, -0.1) is 0 Å². The number of anilines is 1. The number of amides is 1. The molecule has 1 aliphatic heterocycles. The highest BCUT2D eigenvalue weighted by Gasteiger charge is 2.24. The maximum atomic E-state index is 12.4. The number of hydrogen-bond acceptors (Lipinski definition) is 3. The van der Waals surface area contributed by atoms with E-state index in [-0.39, 0.29) is 5.91 Å². The SMILES string of the molecule is O=C(O)C(Oc1ccc(CN2C(=O)CCc3ccccc32)cc1)c1ccccc1. The molecule has 29 heavy (non-hydrogen) atoms. The first-order valence-electron chi connectivity index (χ1n) is 9.53. The van der Waals surface area contributed by atoms with Crippen LogP contribution >= 0.6 is 0 Å². The van der Waals surface area contributed by atoms with E-state index in [1.165, 1.54) is 5.56 Å². The number of aliphatic carboxylic acids is 1. The van der Waals surface area contributed by atoms with Gasteiger partial charge in [-0.3, -0.25) is 4.79 Å². The van der Waals surface area contributed by atoms with Crippen LogP contribution in [-0.2, 0) is 22.6 Å². The first-order valence-corrected chi connectivity index (χ1v) is 9.53. The summed E-state index contributed by atoms with van der Waals surface area (Å²) in [6.07, 6.45) is 0.210. The Hall–Kier alpha value is -3.60. The van der Waals surface area contributed by atoms with Gasteiger partial charge in [-0.25, -0.2) is 4.79 Å². The Kier molecular flexibility index (Phi) is 5.29. The third-order valence-electron chi connectivity index (χ3n) is 5.04. The van der Waals surface area contributed by atoms with E-state index in [9.17, 15) is 14.7 Å². The fourth-order valence-corrected chi connectivity index (χ4v) is 3.55. The van der Waals surface area contributed by atoms with Crippen molar-refractivity contribution in [3.63, 3.8) is 0 Å². The van der Waals surface area contributed by atoms with Gasteiger partial charge in [0.25, 0.3) is 0 Å². The highest BCUT2D eigenvalue weighted by molar-refractivity contribution is 5.96. The summed E-state index contributed by atoms with van der Waals surface area (Å²) in [4.78, 5) is 25.9. The molecule has 3 aromatic rings. The summed E-state index contributed by atoms with van der Waals surface area (Å²) in [5.74, 6) is -0.467. The third-order valence-corrected chi connectivity index (χ3v) is 5.04. The van der Waals surface area contributed by atoms with Crippen molar-refractivity contribution in [3.8, 4) is 5.75 Å². The zero-order valence-corrected chi connectivity index (χ0v) is 15.8. The lowest BCUT2D eigenvalue weighted by molar-refractivity contribution is -0.145. The van der Waals surface area contributed by atoms with Gasteiger partial charge in [0.15, 0.2) is 0 Å². The minimum absolute atomic E-state index is 0.110. The van der Waals surface area contributed by atoms with Crippen LogP contribution in [0.4, 0.5) is 5.69 Å². The van der Waals surface area contributed by atoms with Gasteiger partial charge in [-0.05, 0) is 35.7 Å². The average molecular weight is 387 g/mol. The Bertz CT molecular complexity index is 1010. The number of carbonyl (C=O) groups is 2. The van der Waals surface area contributed by atoms with Gasteiger partial charge >= 0.3 is 5.97 Å². The number of hydrogen-bond donors (Lipinski definition) is 1. The molecule has 1 amide bonds. The van der Waals surface area contributed by atoms with E-state index in [0.29, 0.717) is 24.3 Å². The monoisotopic (exact) mass is 387 g/mol. The zero-order chi connectivity index (χ0) is 20.2. The van der Waals surface area contributed by atoms with Crippen LogP contribution < -0.4 is 9.64 Å². The van der Waals surface area contributed by atoms with Gasteiger partial charge in [0, 0.05) is 17.7 Å². The molecule has 0 fully saturated rings. The fraction of sp³-hybridized carbons (Fsp3) is 0.167. The number of rotatable bonds is 6. The number of aryl methyl sites for hydroxylation is 1. The molecule has 4 rings (SSSR count). The highest BCUT2D eigenvalue weighted by atomic mass is 16.5. The lowest BCUT2D eigenvalue weighted by Crippen LogP contribution is -2.34. The quantitative estimate of drug-likeness (QED) is 0.682. The van der Waals surface area contributed by atoms with Crippen molar-refractivity contribution in [2.24, 2.45) is 0 Å². The first kappa shape index (κ1) is 18.7. The predicted octanol–water partition coefficient (Wildman–Crippen LogP) is 4.37. The van der Waals surface area contributed by atoms with E-state index in [0.717, 1.165) is 17.7 Å². The molecule has 1 aliphatic rings. The zero-order valence-electron chi connectivity index (χ0n) is 15.8. The van der Waals surface area contributed by atoms with Gasteiger partial charge in [0.05, 0.1) is 6.54 Å². The average Bonchev–Trinajstić information content (AvgIpc) is 2.75. The smallest absolute Gasteiger partial charge is 0.349 e. The summed E-state index contributed by atoms with van der Waals surface area (Å²) in [6.45, 7) is 0.469. The van der Waals surface area contributed by atoms with Crippen LogP contribution in [0, 0.1) is 0 Å². The summed E-state index contributed by atoms with van der Waals surface area (Å²) in [5, 5.41) is 9.51. The number of benzene rings is 3. The molecule has 0 saturated heterocycles. The molecular weight excluding hydrogens is 366 g/mol. The maximum absolute atomic E-state index is 12.4. The highest BCUT2D eigenvalue weighted by Crippen LogP contribution is 2.29. The molecule has 0 radical (unpaired) electrons. The Balaban J connectivity index is 1.50. The number of carboxylic acids is 1. The lowest BCUT2D eigenvalue weighted by Gasteiger charge is -2.29. The Labute approximate surface area is 169 Å². The van der Waals surface area contributed by atoms with E-state index in [4.69, 9.17) is 4.74 Å². The Morgan fingerprint density at radius 2 is 1.62 bits per heavy atom. The van der Waals surface area contributed by atoms with Gasteiger partial charge in [0.1, 0.15) is 5.75 Å². The van der Waals surface area contributed by atoms with Gasteiger partial charge < -0.3 is 14.7 Å². The van der Waals surface area contributed by atoms with Crippen LogP contribution in [0.25, 0.3) is 0 Å². The Morgan fingerprint density at radius 1 is 0.931 bits per heavy atom. The molecule has 0 aliphatic carbocycles. The van der Waals surface area contributed by atoms with E-state index in [1.54, 1.807) is 41.3 Å². The van der Waals surface area contributed by atoms with Crippen molar-refractivity contribution in [2.75, 3.05) is 4.90 Å². The van der Waals surface area contributed by atoms with Crippen LogP contribution in [0.3, 0.4) is 0 Å². The molecule has 0 bridgehead atoms. The van der Waals surface area contributed by atoms with Gasteiger partial charge in [-0.2, -0.15) is 0 Å². The first-order chi connectivity index (χ1) is 14.1. The largest absolute Gasteiger partial charge is 0.478 e. The van der Waals surface area contributed by atoms with Gasteiger partial charge in [0.2, 0.25) is 12.0 Å². The van der Waals surface area contributed by atoms with Gasteiger partial charge in [-0.1, -0.05) is 60.7 Å². The van der Waals surface area contributed by atoms with E-state index in [1.807, 2.05) is 36.4 Å². The molecule has 1 atom stereocenters. The molecule has 1 heterocycles. The third kappa shape index (κ3) is 4.14. The van der Waals surface area contributed by atoms with Crippen molar-refractivity contribution in [1.82, 2.24) is 0 Å². The van der Waals surface area contributed by atoms with E-state index >= 15 is 0 Å². The summed E-state index contributed by atoms with van der Waals surface area (Å²) in [5.41, 5.74) is 3.67.